The molecule has 1 N–H and O–H groups in total. The molecule has 0 spiro atoms. The molecule has 1 amide bonds. The molecule has 1 heterocycles. The molecule has 0 fully saturated rings. The summed E-state index contributed by atoms with van der Waals surface area (Å²) in [5.74, 6) is -0.619. The van der Waals surface area contributed by atoms with Gasteiger partial charge < -0.3 is 10.1 Å². The smallest absolute Gasteiger partial charge is 0.341 e. The molecule has 4 nitrogen and oxygen atoms in total. The number of ether oxygens (including phenoxy) is 1. The number of alkyl halides is 1. The van der Waals surface area contributed by atoms with Crippen LogP contribution in [0.4, 0.5) is 5.00 Å². The molecule has 0 aliphatic rings. The maximum atomic E-state index is 11.8. The fourth-order valence-corrected chi connectivity index (χ4v) is 2.44. The van der Waals surface area contributed by atoms with Crippen molar-refractivity contribution >= 4 is 39.8 Å². The zero-order valence-electron chi connectivity index (χ0n) is 10.6. The van der Waals surface area contributed by atoms with Crippen LogP contribution in [0.15, 0.2) is 6.07 Å². The molecule has 6 heteroatoms. The SMILES string of the molecule is CCOC(=O)c1cc(C(C)C)sc1NC(=O)CCl. The minimum atomic E-state index is -0.425. The van der Waals surface area contributed by atoms with Crippen LogP contribution in [0.3, 0.4) is 0 Å². The summed E-state index contributed by atoms with van der Waals surface area (Å²) in [4.78, 5) is 24.1. The fourth-order valence-electron chi connectivity index (χ4n) is 1.31. The Hall–Kier alpha value is -1.07. The molecule has 0 unspecified atom stereocenters. The second kappa shape index (κ2) is 6.75. The van der Waals surface area contributed by atoms with Crippen LogP contribution in [0.25, 0.3) is 0 Å². The van der Waals surface area contributed by atoms with E-state index < -0.39 is 5.97 Å². The second-order valence-electron chi connectivity index (χ2n) is 3.95. The lowest BCUT2D eigenvalue weighted by atomic mass is 10.1. The minimum Gasteiger partial charge on any atom is -0.462 e. The molecule has 100 valence electrons. The molecule has 1 rings (SSSR count). The number of hydrogen-bond donors (Lipinski definition) is 1. The van der Waals surface area contributed by atoms with Crippen LogP contribution in [0.5, 0.6) is 0 Å². The van der Waals surface area contributed by atoms with E-state index in [0.717, 1.165) is 4.88 Å². The molecule has 0 aromatic carbocycles. The van der Waals surface area contributed by atoms with E-state index in [1.807, 2.05) is 13.8 Å². The van der Waals surface area contributed by atoms with Crippen LogP contribution in [-0.2, 0) is 9.53 Å². The van der Waals surface area contributed by atoms with Gasteiger partial charge in [0.2, 0.25) is 5.91 Å². The molecular weight excluding hydrogens is 274 g/mol. The van der Waals surface area contributed by atoms with Crippen molar-refractivity contribution in [3.05, 3.63) is 16.5 Å². The lowest BCUT2D eigenvalue weighted by Crippen LogP contribution is -2.14. The van der Waals surface area contributed by atoms with E-state index in [2.05, 4.69) is 5.32 Å². The Morgan fingerprint density at radius 3 is 2.67 bits per heavy atom. The molecule has 0 atom stereocenters. The molecule has 0 saturated heterocycles. The van der Waals surface area contributed by atoms with Crippen molar-refractivity contribution < 1.29 is 14.3 Å². The van der Waals surface area contributed by atoms with Gasteiger partial charge in [0.15, 0.2) is 0 Å². The molecule has 0 aliphatic heterocycles. The zero-order chi connectivity index (χ0) is 13.7. The zero-order valence-corrected chi connectivity index (χ0v) is 12.2. The van der Waals surface area contributed by atoms with Crippen LogP contribution >= 0.6 is 22.9 Å². The van der Waals surface area contributed by atoms with E-state index in [0.29, 0.717) is 17.2 Å². The van der Waals surface area contributed by atoms with Gasteiger partial charge in [0.25, 0.3) is 0 Å². The Kier molecular flexibility index (Phi) is 5.62. The first-order chi connectivity index (χ1) is 8.49. The Balaban J connectivity index is 3.04. The van der Waals surface area contributed by atoms with Crippen molar-refractivity contribution in [2.45, 2.75) is 26.7 Å². The fraction of sp³-hybridized carbons (Fsp3) is 0.500. The second-order valence-corrected chi connectivity index (χ2v) is 5.30. The maximum Gasteiger partial charge on any atom is 0.341 e. The van der Waals surface area contributed by atoms with Crippen LogP contribution in [0.2, 0.25) is 0 Å². The van der Waals surface area contributed by atoms with Gasteiger partial charge in [-0.1, -0.05) is 13.8 Å². The summed E-state index contributed by atoms with van der Waals surface area (Å²) in [7, 11) is 0. The van der Waals surface area contributed by atoms with Crippen LogP contribution in [0.1, 0.15) is 41.9 Å². The lowest BCUT2D eigenvalue weighted by molar-refractivity contribution is -0.113. The van der Waals surface area contributed by atoms with E-state index >= 15 is 0 Å². The molecular formula is C12H16ClNO3S. The Bertz CT molecular complexity index is 443. The summed E-state index contributed by atoms with van der Waals surface area (Å²) in [5, 5.41) is 3.12. The first kappa shape index (κ1) is 15.0. The number of amides is 1. The summed E-state index contributed by atoms with van der Waals surface area (Å²) >= 11 is 6.81. The number of esters is 1. The highest BCUT2D eigenvalue weighted by atomic mass is 35.5. The highest BCUT2D eigenvalue weighted by molar-refractivity contribution is 7.16. The van der Waals surface area contributed by atoms with Crippen molar-refractivity contribution in [3.63, 3.8) is 0 Å². The highest BCUT2D eigenvalue weighted by Crippen LogP contribution is 2.33. The van der Waals surface area contributed by atoms with Gasteiger partial charge in [-0.05, 0) is 18.9 Å². The maximum absolute atomic E-state index is 11.8. The summed E-state index contributed by atoms with van der Waals surface area (Å²) < 4.78 is 4.96. The number of anilines is 1. The van der Waals surface area contributed by atoms with Crippen molar-refractivity contribution in [2.24, 2.45) is 0 Å². The van der Waals surface area contributed by atoms with Gasteiger partial charge in [-0.2, -0.15) is 0 Å². The Morgan fingerprint density at radius 1 is 1.50 bits per heavy atom. The predicted octanol–water partition coefficient (Wildman–Crippen LogP) is 3.23. The van der Waals surface area contributed by atoms with Gasteiger partial charge in [-0.15, -0.1) is 22.9 Å². The summed E-state index contributed by atoms with van der Waals surface area (Å²) in [6.45, 7) is 6.08. The number of nitrogens with one attached hydrogen (secondary N) is 1. The lowest BCUT2D eigenvalue weighted by Gasteiger charge is -2.03. The Morgan fingerprint density at radius 2 is 2.17 bits per heavy atom. The molecule has 18 heavy (non-hydrogen) atoms. The van der Waals surface area contributed by atoms with Crippen molar-refractivity contribution in [2.75, 3.05) is 17.8 Å². The average Bonchev–Trinajstić information content (AvgIpc) is 2.73. The van der Waals surface area contributed by atoms with E-state index in [9.17, 15) is 9.59 Å². The van der Waals surface area contributed by atoms with E-state index in [-0.39, 0.29) is 17.7 Å². The number of rotatable bonds is 5. The molecule has 0 bridgehead atoms. The van der Waals surface area contributed by atoms with Gasteiger partial charge >= 0.3 is 5.97 Å². The van der Waals surface area contributed by atoms with Gasteiger partial charge in [0.1, 0.15) is 10.9 Å². The number of carbonyl (C=O) groups excluding carboxylic acids is 2. The third-order valence-corrected chi connectivity index (χ3v) is 3.78. The average molecular weight is 290 g/mol. The normalized spacial score (nSPS) is 10.5. The van der Waals surface area contributed by atoms with Crippen molar-refractivity contribution in [3.8, 4) is 0 Å². The summed E-state index contributed by atoms with van der Waals surface area (Å²) in [6.07, 6.45) is 0. The van der Waals surface area contributed by atoms with Crippen LogP contribution in [0, 0.1) is 0 Å². The predicted molar refractivity (Wildman–Crippen MR) is 73.7 cm³/mol. The molecule has 0 radical (unpaired) electrons. The van der Waals surface area contributed by atoms with Gasteiger partial charge in [0, 0.05) is 4.88 Å². The van der Waals surface area contributed by atoms with Crippen LogP contribution in [-0.4, -0.2) is 24.4 Å². The number of carbonyl (C=O) groups is 2. The largest absolute Gasteiger partial charge is 0.462 e. The van der Waals surface area contributed by atoms with Gasteiger partial charge in [-0.25, -0.2) is 4.79 Å². The monoisotopic (exact) mass is 289 g/mol. The summed E-state index contributed by atoms with van der Waals surface area (Å²) in [6, 6.07) is 1.76. The first-order valence-electron chi connectivity index (χ1n) is 5.66. The molecule has 1 aromatic rings. The highest BCUT2D eigenvalue weighted by Gasteiger charge is 2.19. The Labute approximate surface area is 115 Å². The van der Waals surface area contributed by atoms with E-state index in [1.54, 1.807) is 13.0 Å². The third-order valence-electron chi connectivity index (χ3n) is 2.19. The number of thiophene rings is 1. The molecule has 1 aromatic heterocycles. The van der Waals surface area contributed by atoms with Crippen molar-refractivity contribution in [1.82, 2.24) is 0 Å². The first-order valence-corrected chi connectivity index (χ1v) is 7.01. The van der Waals surface area contributed by atoms with E-state index in [1.165, 1.54) is 11.3 Å². The molecule has 0 saturated carbocycles. The quantitative estimate of drug-likeness (QED) is 0.669. The number of hydrogen-bond acceptors (Lipinski definition) is 4. The molecule has 0 aliphatic carbocycles. The van der Waals surface area contributed by atoms with Gasteiger partial charge in [0.05, 0.1) is 12.2 Å². The standard InChI is InChI=1S/C12H16ClNO3S/c1-4-17-12(16)8-5-9(7(2)3)18-11(8)14-10(15)6-13/h5,7H,4,6H2,1-3H3,(H,14,15). The topological polar surface area (TPSA) is 55.4 Å². The third kappa shape index (κ3) is 3.71. The number of halogens is 1. The van der Waals surface area contributed by atoms with E-state index in [4.69, 9.17) is 16.3 Å². The summed E-state index contributed by atoms with van der Waals surface area (Å²) in [5.41, 5.74) is 0.393. The minimum absolute atomic E-state index is 0.142. The van der Waals surface area contributed by atoms with Crippen molar-refractivity contribution in [1.29, 1.82) is 0 Å². The van der Waals surface area contributed by atoms with Gasteiger partial charge in [-0.3, -0.25) is 4.79 Å². The van der Waals surface area contributed by atoms with Crippen LogP contribution < -0.4 is 5.32 Å².